The number of thiazole rings is 1. The van der Waals surface area contributed by atoms with Crippen molar-refractivity contribution in [3.8, 4) is 0 Å². The minimum Gasteiger partial charge on any atom is -0.337 e. The van der Waals surface area contributed by atoms with Gasteiger partial charge in [-0.15, -0.1) is 11.3 Å². The Kier molecular flexibility index (Phi) is 5.50. The Labute approximate surface area is 215 Å². The summed E-state index contributed by atoms with van der Waals surface area (Å²) in [5, 5.41) is 2.33. The van der Waals surface area contributed by atoms with E-state index in [-0.39, 0.29) is 11.5 Å². The highest BCUT2D eigenvalue weighted by Crippen LogP contribution is 2.44. The van der Waals surface area contributed by atoms with Gasteiger partial charge in [-0.2, -0.15) is 0 Å². The maximum absolute atomic E-state index is 13.8. The van der Waals surface area contributed by atoms with Gasteiger partial charge in [0.1, 0.15) is 19.8 Å². The molecular weight excluding hydrogens is 490 g/mol. The number of hydrogen-bond donors (Lipinski definition) is 1. The molecule has 36 heavy (non-hydrogen) atoms. The van der Waals surface area contributed by atoms with Gasteiger partial charge in [0.05, 0.1) is 17.1 Å². The summed E-state index contributed by atoms with van der Waals surface area (Å²) >= 11 is 2.88. The van der Waals surface area contributed by atoms with Crippen molar-refractivity contribution in [3.63, 3.8) is 0 Å². The summed E-state index contributed by atoms with van der Waals surface area (Å²) in [6.45, 7) is 0. The molecule has 0 radical (unpaired) electrons. The topological polar surface area (TPSA) is 69.9 Å². The van der Waals surface area contributed by atoms with E-state index in [9.17, 15) is 9.59 Å². The second kappa shape index (κ2) is 8.85. The van der Waals surface area contributed by atoms with Gasteiger partial charge < -0.3 is 9.47 Å². The van der Waals surface area contributed by atoms with Crippen molar-refractivity contribution in [3.05, 3.63) is 104 Å². The molecule has 0 unspecified atom stereocenters. The van der Waals surface area contributed by atoms with Gasteiger partial charge in [-0.25, -0.2) is 10.0 Å². The Morgan fingerprint density at radius 1 is 0.833 bits per heavy atom. The van der Waals surface area contributed by atoms with Crippen LogP contribution in [0, 0.1) is 0 Å². The molecule has 1 N–H and O–H groups in total. The van der Waals surface area contributed by atoms with E-state index in [4.69, 9.17) is 4.99 Å². The third-order valence-electron chi connectivity index (χ3n) is 6.03. The third-order valence-corrected chi connectivity index (χ3v) is 8.64. The van der Waals surface area contributed by atoms with E-state index >= 15 is 0 Å². The zero-order valence-electron chi connectivity index (χ0n) is 19.5. The summed E-state index contributed by atoms with van der Waals surface area (Å²) in [4.78, 5) is 35.1. The smallest absolute Gasteiger partial charge is 0.283 e. The van der Waals surface area contributed by atoms with Crippen molar-refractivity contribution in [1.82, 2.24) is 9.99 Å². The molecule has 178 valence electrons. The minimum absolute atomic E-state index is 0.144. The molecule has 0 spiro atoms. The van der Waals surface area contributed by atoms with E-state index in [2.05, 4.69) is 5.43 Å². The molecule has 0 bridgehead atoms. The monoisotopic (exact) mass is 511 g/mol. The molecule has 2 aliphatic heterocycles. The van der Waals surface area contributed by atoms with Crippen molar-refractivity contribution in [2.24, 2.45) is 12.0 Å². The fourth-order valence-corrected chi connectivity index (χ4v) is 6.68. The van der Waals surface area contributed by atoms with Crippen LogP contribution in [0.25, 0.3) is 10.6 Å². The molecule has 1 fully saturated rings. The number of anilines is 2. The van der Waals surface area contributed by atoms with Gasteiger partial charge in [0, 0.05) is 19.0 Å². The average molecular weight is 512 g/mol. The Morgan fingerprint density at radius 3 is 2.22 bits per heavy atom. The molecule has 9 heteroatoms. The van der Waals surface area contributed by atoms with E-state index in [1.807, 2.05) is 96.9 Å². The molecule has 0 atom stereocenters. The van der Waals surface area contributed by atoms with Crippen LogP contribution in [0.1, 0.15) is 0 Å². The number of hydrazine groups is 1. The summed E-state index contributed by atoms with van der Waals surface area (Å²) in [6.07, 6.45) is 0. The fraction of sp³-hybridized carbons (Fsp3) is 0.0741. The molecule has 1 saturated heterocycles. The number of amidine groups is 1. The van der Waals surface area contributed by atoms with Crippen LogP contribution in [0.2, 0.25) is 0 Å². The summed E-state index contributed by atoms with van der Waals surface area (Å²) in [5.74, 6) is 0.138. The molecule has 1 aromatic heterocycles. The molecule has 6 rings (SSSR count). The van der Waals surface area contributed by atoms with Crippen molar-refractivity contribution < 1.29 is 4.79 Å². The van der Waals surface area contributed by atoms with Crippen LogP contribution in [0.3, 0.4) is 0 Å². The maximum atomic E-state index is 13.8. The van der Waals surface area contributed by atoms with Gasteiger partial charge in [0.15, 0.2) is 5.84 Å². The molecule has 1 amide bonds. The number of aliphatic imine (C=N–C) groups is 1. The first-order valence-corrected chi connectivity index (χ1v) is 12.9. The lowest BCUT2D eigenvalue weighted by Crippen LogP contribution is -2.35. The number of aromatic nitrogens is 1. The highest BCUT2D eigenvalue weighted by molar-refractivity contribution is 8.08. The summed E-state index contributed by atoms with van der Waals surface area (Å²) in [7, 11) is 3.67. The van der Waals surface area contributed by atoms with Gasteiger partial charge in [-0.3, -0.25) is 15.0 Å². The maximum Gasteiger partial charge on any atom is 0.283 e. The Morgan fingerprint density at radius 2 is 1.50 bits per heavy atom. The summed E-state index contributed by atoms with van der Waals surface area (Å²) in [6, 6.07) is 26.9. The summed E-state index contributed by atoms with van der Waals surface area (Å²) in [5.41, 5.74) is 5.84. The average Bonchev–Trinajstić information content (AvgIpc) is 3.51. The van der Waals surface area contributed by atoms with Crippen LogP contribution in [0.4, 0.5) is 17.1 Å². The lowest BCUT2D eigenvalue weighted by Gasteiger charge is -2.14. The van der Waals surface area contributed by atoms with E-state index < -0.39 is 0 Å². The number of para-hydroxylation sites is 3. The number of rotatable bonds is 2. The number of benzene rings is 3. The van der Waals surface area contributed by atoms with Crippen LogP contribution in [0.15, 0.2) is 99.6 Å². The van der Waals surface area contributed by atoms with Crippen LogP contribution in [-0.2, 0) is 11.8 Å². The molecule has 0 saturated carbocycles. The van der Waals surface area contributed by atoms with Crippen molar-refractivity contribution in [2.45, 2.75) is 4.90 Å². The van der Waals surface area contributed by atoms with E-state index in [0.29, 0.717) is 32.0 Å². The molecule has 3 aromatic carbocycles. The zero-order chi connectivity index (χ0) is 24.8. The quantitative estimate of drug-likeness (QED) is 0.448. The molecule has 3 heterocycles. The van der Waals surface area contributed by atoms with Crippen molar-refractivity contribution in [1.29, 1.82) is 0 Å². The Hall–Kier alpha value is -4.08. The van der Waals surface area contributed by atoms with E-state index in [1.54, 1.807) is 23.4 Å². The molecule has 2 aliphatic rings. The highest BCUT2D eigenvalue weighted by Gasteiger charge is 2.35. The van der Waals surface area contributed by atoms with Crippen LogP contribution in [0.5, 0.6) is 0 Å². The molecule has 0 aliphatic carbocycles. The lowest BCUT2D eigenvalue weighted by atomic mass is 10.2. The number of amides is 1. The van der Waals surface area contributed by atoms with Crippen molar-refractivity contribution in [2.75, 3.05) is 17.0 Å². The normalized spacial score (nSPS) is 19.2. The second-order valence-corrected chi connectivity index (χ2v) is 10.3. The zero-order valence-corrected chi connectivity index (χ0v) is 21.1. The Balaban J connectivity index is 1.59. The number of nitrogens with one attached hydrogen (secondary N) is 1. The van der Waals surface area contributed by atoms with Gasteiger partial charge in [0.2, 0.25) is 0 Å². The first kappa shape index (κ1) is 22.4. The summed E-state index contributed by atoms with van der Waals surface area (Å²) < 4.78 is 2.70. The largest absolute Gasteiger partial charge is 0.337 e. The Bertz CT molecular complexity index is 1710. The van der Waals surface area contributed by atoms with Crippen molar-refractivity contribution >= 4 is 62.5 Å². The highest BCUT2D eigenvalue weighted by atomic mass is 32.2. The number of fused-ring (bicyclic) bond motifs is 1. The predicted molar refractivity (Wildman–Crippen MR) is 147 cm³/mol. The third kappa shape index (κ3) is 3.64. The van der Waals surface area contributed by atoms with Gasteiger partial charge >= 0.3 is 0 Å². The molecule has 4 aromatic rings. The van der Waals surface area contributed by atoms with Crippen LogP contribution < -0.4 is 30.1 Å². The molecular formula is C27H21N5O2S2. The number of thioether (sulfide) groups is 1. The fourth-order valence-electron chi connectivity index (χ4n) is 4.20. The lowest BCUT2D eigenvalue weighted by molar-refractivity contribution is -0.113. The first-order valence-electron chi connectivity index (χ1n) is 11.3. The van der Waals surface area contributed by atoms with Crippen LogP contribution >= 0.6 is 23.1 Å². The minimum atomic E-state index is -0.264. The van der Waals surface area contributed by atoms with E-state index in [0.717, 1.165) is 15.6 Å². The number of carbonyl (C=O) groups is 1. The number of carbonyl (C=O) groups excluding carboxylic acids is 1. The first-order chi connectivity index (χ1) is 17.5. The number of hydrogen-bond acceptors (Lipinski definition) is 6. The number of nitrogens with zero attached hydrogens (tertiary/aromatic N) is 4. The van der Waals surface area contributed by atoms with E-state index in [1.165, 1.54) is 16.3 Å². The van der Waals surface area contributed by atoms with Gasteiger partial charge in [-0.05, 0) is 36.4 Å². The van der Waals surface area contributed by atoms with Gasteiger partial charge in [0.25, 0.3) is 11.5 Å². The predicted octanol–water partition coefficient (Wildman–Crippen LogP) is 3.19. The standard InChI is InChI=1S/C27H21N5O2S2/c1-30-19-15-9-10-16-20(19)35-27(30)22-25(34)31(2)26(36-22)21-23(28-17-11-5-3-6-12-17)29-32(24(21)33)18-13-7-4-8-14-18/h3-16H,1-2H3,(H,28,29)/b26-21-,27-22-. The second-order valence-electron chi connectivity index (χ2n) is 8.29. The SMILES string of the molecule is CN1/C(=c2/s/c(=C3\C(=O)N(c4ccccc4)NC3=Nc3ccccc3)n(C)c2=O)Sc2ccccc21. The van der Waals surface area contributed by atoms with Crippen LogP contribution in [-0.4, -0.2) is 23.4 Å². The van der Waals surface area contributed by atoms with Gasteiger partial charge in [-0.1, -0.05) is 60.3 Å². The molecule has 7 nitrogen and oxygen atoms in total.